The van der Waals surface area contributed by atoms with Gasteiger partial charge < -0.3 is 0 Å². The van der Waals surface area contributed by atoms with Gasteiger partial charge in [-0.1, -0.05) is 19.3 Å². The van der Waals surface area contributed by atoms with Crippen molar-refractivity contribution in [3.63, 3.8) is 0 Å². The third kappa shape index (κ3) is 3.11. The van der Waals surface area contributed by atoms with Crippen LogP contribution in [0.2, 0.25) is 0 Å². The molecule has 0 aromatic rings. The zero-order valence-electron chi connectivity index (χ0n) is 13.8. The highest BCUT2D eigenvalue weighted by Crippen LogP contribution is 2.74. The average molecular weight is 295 g/mol. The second-order valence-electron chi connectivity index (χ2n) is 8.10. The summed E-state index contributed by atoms with van der Waals surface area (Å²) in [5, 5.41) is 0. The van der Waals surface area contributed by atoms with Gasteiger partial charge in [0, 0.05) is 13.9 Å². The van der Waals surface area contributed by atoms with E-state index in [2.05, 4.69) is 6.66 Å². The van der Waals surface area contributed by atoms with Crippen LogP contribution >= 0.6 is 7.26 Å². The molecule has 3 rings (SSSR count). The van der Waals surface area contributed by atoms with Crippen molar-refractivity contribution in [1.82, 2.24) is 0 Å². The molecule has 0 amide bonds. The topological polar surface area (TPSA) is 0 Å². The van der Waals surface area contributed by atoms with E-state index in [1.165, 1.54) is 36.2 Å². The van der Waals surface area contributed by atoms with Gasteiger partial charge in [-0.2, -0.15) is 0 Å². The Labute approximate surface area is 127 Å². The fourth-order valence-corrected chi connectivity index (χ4v) is 12.0. The highest BCUT2D eigenvalue weighted by atomic mass is 31.2. The zero-order chi connectivity index (χ0) is 13.8. The lowest BCUT2D eigenvalue weighted by molar-refractivity contribution is 0.453. The van der Waals surface area contributed by atoms with Crippen molar-refractivity contribution < 1.29 is 0 Å². The van der Waals surface area contributed by atoms with Crippen molar-refractivity contribution in [3.05, 3.63) is 0 Å². The molecule has 3 aliphatic carbocycles. The molecule has 0 aromatic heterocycles. The first kappa shape index (κ1) is 15.3. The zero-order valence-corrected chi connectivity index (χ0v) is 14.7. The first-order valence-corrected chi connectivity index (χ1v) is 12.1. The van der Waals surface area contributed by atoms with Crippen LogP contribution in [-0.4, -0.2) is 23.6 Å². The second kappa shape index (κ2) is 7.13. The van der Waals surface area contributed by atoms with E-state index in [-0.39, 0.29) is 0 Å². The number of hydrogen-bond donors (Lipinski definition) is 0. The maximum Gasteiger partial charge on any atom is 0.0700 e. The summed E-state index contributed by atoms with van der Waals surface area (Å²) in [5.74, 6) is 0. The van der Waals surface area contributed by atoms with Gasteiger partial charge >= 0.3 is 0 Å². The molecule has 3 fully saturated rings. The summed E-state index contributed by atoms with van der Waals surface area (Å²) in [7, 11) is -0.696. The highest BCUT2D eigenvalue weighted by Gasteiger charge is 2.53. The maximum atomic E-state index is 2.87. The molecule has 0 bridgehead atoms. The van der Waals surface area contributed by atoms with Gasteiger partial charge in [-0.05, 0) is 77.0 Å². The van der Waals surface area contributed by atoms with Crippen molar-refractivity contribution in [2.24, 2.45) is 0 Å². The van der Waals surface area contributed by atoms with E-state index in [9.17, 15) is 0 Å². The van der Waals surface area contributed by atoms with Crippen LogP contribution in [0.25, 0.3) is 0 Å². The van der Waals surface area contributed by atoms with Gasteiger partial charge in [-0.3, -0.25) is 0 Å². The van der Waals surface area contributed by atoms with E-state index >= 15 is 0 Å². The molecule has 0 aromatic carbocycles. The fourth-order valence-electron chi connectivity index (χ4n) is 5.81. The van der Waals surface area contributed by atoms with Crippen LogP contribution in [0.15, 0.2) is 0 Å². The van der Waals surface area contributed by atoms with Gasteiger partial charge in [0.15, 0.2) is 0 Å². The minimum atomic E-state index is -0.696. The molecule has 3 saturated carbocycles. The molecule has 0 radical (unpaired) electrons. The van der Waals surface area contributed by atoms with Crippen molar-refractivity contribution in [3.8, 4) is 0 Å². The van der Waals surface area contributed by atoms with E-state index in [1.54, 1.807) is 77.0 Å². The Morgan fingerprint density at radius 3 is 0.950 bits per heavy atom. The minimum absolute atomic E-state index is 0.696. The van der Waals surface area contributed by atoms with Gasteiger partial charge in [0.25, 0.3) is 0 Å². The summed E-state index contributed by atoms with van der Waals surface area (Å²) in [6.07, 6.45) is 23.6. The standard InChI is InChI=1S/C19H36P/c1-20(17-11-5-2-6-12-17,18-13-7-3-8-14-18)19-15-9-4-10-16-19/h17-19H,2-16H2,1H3/q+1. The van der Waals surface area contributed by atoms with Crippen LogP contribution < -0.4 is 0 Å². The summed E-state index contributed by atoms with van der Waals surface area (Å²) in [6, 6.07) is 0. The van der Waals surface area contributed by atoms with E-state index in [0.29, 0.717) is 0 Å². The Bertz CT molecular complexity index is 235. The Kier molecular flexibility index (Phi) is 5.46. The SMILES string of the molecule is C[P+](C1CCCCC1)(C1CCCCC1)C1CCCCC1. The summed E-state index contributed by atoms with van der Waals surface area (Å²) in [4.78, 5) is 0. The van der Waals surface area contributed by atoms with Gasteiger partial charge in [-0.15, -0.1) is 0 Å². The van der Waals surface area contributed by atoms with Crippen molar-refractivity contribution in [2.75, 3.05) is 6.66 Å². The molecule has 3 aliphatic rings. The molecule has 0 atom stereocenters. The van der Waals surface area contributed by atoms with Crippen LogP contribution in [0.4, 0.5) is 0 Å². The summed E-state index contributed by atoms with van der Waals surface area (Å²) < 4.78 is 0. The van der Waals surface area contributed by atoms with Crippen LogP contribution in [0, 0.1) is 0 Å². The summed E-state index contributed by atoms with van der Waals surface area (Å²) >= 11 is 0. The second-order valence-corrected chi connectivity index (χ2v) is 12.7. The molecule has 0 aliphatic heterocycles. The van der Waals surface area contributed by atoms with E-state index < -0.39 is 7.26 Å². The maximum absolute atomic E-state index is 2.87. The van der Waals surface area contributed by atoms with E-state index in [4.69, 9.17) is 0 Å². The lowest BCUT2D eigenvalue weighted by atomic mass is 9.99. The number of rotatable bonds is 3. The van der Waals surface area contributed by atoms with Crippen molar-refractivity contribution in [2.45, 2.75) is 113 Å². The number of hydrogen-bond acceptors (Lipinski definition) is 0. The predicted octanol–water partition coefficient (Wildman–Crippen LogP) is 6.63. The molecule has 1 heteroatoms. The van der Waals surface area contributed by atoms with Gasteiger partial charge in [0.05, 0.1) is 17.0 Å². The molecular formula is C19H36P+. The molecule has 116 valence electrons. The lowest BCUT2D eigenvalue weighted by Gasteiger charge is -2.46. The Hall–Kier alpha value is 0.430. The van der Waals surface area contributed by atoms with E-state index in [0.717, 1.165) is 0 Å². The highest BCUT2D eigenvalue weighted by molar-refractivity contribution is 7.77. The summed E-state index contributed by atoms with van der Waals surface area (Å²) in [5.41, 5.74) is 3.55. The molecule has 0 unspecified atom stereocenters. The Morgan fingerprint density at radius 1 is 0.450 bits per heavy atom. The molecule has 0 nitrogen and oxygen atoms in total. The van der Waals surface area contributed by atoms with Crippen LogP contribution in [0.3, 0.4) is 0 Å². The predicted molar refractivity (Wildman–Crippen MR) is 93.5 cm³/mol. The monoisotopic (exact) mass is 295 g/mol. The normalized spacial score (nSPS) is 28.6. The molecule has 0 saturated heterocycles. The molecule has 0 spiro atoms. The van der Waals surface area contributed by atoms with Crippen molar-refractivity contribution >= 4 is 7.26 Å². The third-order valence-corrected chi connectivity index (χ3v) is 13.4. The van der Waals surface area contributed by atoms with Gasteiger partial charge in [-0.25, -0.2) is 0 Å². The molecule has 20 heavy (non-hydrogen) atoms. The lowest BCUT2D eigenvalue weighted by Crippen LogP contribution is -2.35. The first-order valence-electron chi connectivity index (χ1n) is 9.67. The first-order chi connectivity index (χ1) is 9.82. The van der Waals surface area contributed by atoms with Crippen molar-refractivity contribution in [1.29, 1.82) is 0 Å². The molecular weight excluding hydrogens is 259 g/mol. The quantitative estimate of drug-likeness (QED) is 0.512. The van der Waals surface area contributed by atoms with Gasteiger partial charge in [0.1, 0.15) is 0 Å². The largest absolute Gasteiger partial charge is 0.0700 e. The van der Waals surface area contributed by atoms with Gasteiger partial charge in [0.2, 0.25) is 0 Å². The minimum Gasteiger partial charge on any atom is -0.0530 e. The Morgan fingerprint density at radius 2 is 0.700 bits per heavy atom. The smallest absolute Gasteiger partial charge is 0.0530 e. The Balaban J connectivity index is 1.79. The summed E-state index contributed by atoms with van der Waals surface area (Å²) in [6.45, 7) is 2.87. The average Bonchev–Trinajstić information content (AvgIpc) is 2.56. The molecule has 0 heterocycles. The fraction of sp³-hybridized carbons (Fsp3) is 1.00. The van der Waals surface area contributed by atoms with Crippen LogP contribution in [-0.2, 0) is 0 Å². The van der Waals surface area contributed by atoms with Crippen LogP contribution in [0.1, 0.15) is 96.3 Å². The molecule has 0 N–H and O–H groups in total. The van der Waals surface area contributed by atoms with Crippen LogP contribution in [0.5, 0.6) is 0 Å². The third-order valence-electron chi connectivity index (χ3n) is 7.08. The van der Waals surface area contributed by atoms with E-state index in [1.807, 2.05) is 0 Å².